The summed E-state index contributed by atoms with van der Waals surface area (Å²) in [6.45, 7) is 1.15. The molecule has 2 atom stereocenters. The van der Waals surface area contributed by atoms with Crippen LogP contribution in [0.3, 0.4) is 0 Å². The van der Waals surface area contributed by atoms with Crippen LogP contribution < -0.4 is 10.5 Å². The lowest BCUT2D eigenvalue weighted by atomic mass is 10.2. The van der Waals surface area contributed by atoms with Gasteiger partial charge in [-0.05, 0) is 19.1 Å². The van der Waals surface area contributed by atoms with E-state index in [9.17, 15) is 17.2 Å². The monoisotopic (exact) mass is 280 g/mol. The van der Waals surface area contributed by atoms with Crippen LogP contribution in [0.15, 0.2) is 23.1 Å². The van der Waals surface area contributed by atoms with Gasteiger partial charge in [0.25, 0.3) is 0 Å². The summed E-state index contributed by atoms with van der Waals surface area (Å²) >= 11 is 0. The third-order valence-electron chi connectivity index (χ3n) is 2.31. The van der Waals surface area contributed by atoms with E-state index in [4.69, 9.17) is 10.8 Å². The molecule has 0 aromatic heterocycles. The third-order valence-corrected chi connectivity index (χ3v) is 3.77. The van der Waals surface area contributed by atoms with Gasteiger partial charge in [-0.1, -0.05) is 0 Å². The van der Waals surface area contributed by atoms with Crippen molar-refractivity contribution in [2.75, 3.05) is 6.54 Å². The number of hydrogen-bond donors (Lipinski definition) is 3. The number of hydrogen-bond acceptors (Lipinski definition) is 4. The number of benzene rings is 1. The lowest BCUT2D eigenvalue weighted by Crippen LogP contribution is -2.43. The maximum absolute atomic E-state index is 13.3. The van der Waals surface area contributed by atoms with Crippen molar-refractivity contribution in [3.05, 3.63) is 29.8 Å². The van der Waals surface area contributed by atoms with Crippen molar-refractivity contribution in [3.63, 3.8) is 0 Å². The van der Waals surface area contributed by atoms with Crippen LogP contribution in [0.5, 0.6) is 0 Å². The van der Waals surface area contributed by atoms with E-state index in [1.165, 1.54) is 6.92 Å². The van der Waals surface area contributed by atoms with E-state index in [0.717, 1.165) is 12.1 Å². The number of halogens is 2. The summed E-state index contributed by atoms with van der Waals surface area (Å²) in [7, 11) is -4.12. The largest absolute Gasteiger partial charge is 0.392 e. The first-order chi connectivity index (χ1) is 8.24. The minimum atomic E-state index is -4.12. The standard InChI is InChI=1S/C10H14F2N2O3S/c1-6(15)9(13)5-14-18(16,17)10-3-2-7(11)4-8(10)12/h2-4,6,9,14-15H,5,13H2,1H3. The SMILES string of the molecule is CC(O)C(N)CNS(=O)(=O)c1ccc(F)cc1F. The Balaban J connectivity index is 2.87. The van der Waals surface area contributed by atoms with Gasteiger partial charge in [-0.3, -0.25) is 0 Å². The molecule has 1 aromatic rings. The van der Waals surface area contributed by atoms with Crippen LogP contribution in [-0.2, 0) is 10.0 Å². The Labute approximate surface area is 104 Å². The summed E-state index contributed by atoms with van der Waals surface area (Å²) in [6.07, 6.45) is -0.911. The van der Waals surface area contributed by atoms with Crippen LogP contribution in [0.25, 0.3) is 0 Å². The highest BCUT2D eigenvalue weighted by Crippen LogP contribution is 2.15. The Bertz CT molecular complexity index is 520. The lowest BCUT2D eigenvalue weighted by molar-refractivity contribution is 0.164. The smallest absolute Gasteiger partial charge is 0.243 e. The number of sulfonamides is 1. The van der Waals surface area contributed by atoms with Crippen molar-refractivity contribution in [3.8, 4) is 0 Å². The van der Waals surface area contributed by atoms with Crippen LogP contribution in [0.1, 0.15) is 6.92 Å². The molecule has 1 aromatic carbocycles. The molecule has 5 nitrogen and oxygen atoms in total. The zero-order valence-electron chi connectivity index (χ0n) is 9.60. The average Bonchev–Trinajstić information content (AvgIpc) is 2.25. The number of aliphatic hydroxyl groups is 1. The van der Waals surface area contributed by atoms with E-state index in [1.54, 1.807) is 0 Å². The summed E-state index contributed by atoms with van der Waals surface area (Å²) < 4.78 is 51.3. The predicted molar refractivity (Wildman–Crippen MR) is 61.2 cm³/mol. The predicted octanol–water partition coefficient (Wildman–Crippen LogP) is -0.0488. The molecule has 0 aliphatic heterocycles. The first kappa shape index (κ1) is 15.0. The molecule has 0 bridgehead atoms. The van der Waals surface area contributed by atoms with Gasteiger partial charge in [0.05, 0.1) is 6.10 Å². The Morgan fingerprint density at radius 1 is 1.44 bits per heavy atom. The molecule has 0 saturated heterocycles. The first-order valence-corrected chi connectivity index (χ1v) is 6.60. The molecule has 0 radical (unpaired) electrons. The van der Waals surface area contributed by atoms with E-state index < -0.39 is 38.7 Å². The third kappa shape index (κ3) is 3.70. The second-order valence-corrected chi connectivity index (χ2v) is 5.57. The summed E-state index contributed by atoms with van der Waals surface area (Å²) in [5, 5.41) is 9.10. The van der Waals surface area contributed by atoms with Crippen LogP contribution >= 0.6 is 0 Å². The van der Waals surface area contributed by atoms with Gasteiger partial charge in [0.1, 0.15) is 16.5 Å². The summed E-state index contributed by atoms with van der Waals surface area (Å²) in [4.78, 5) is -0.665. The minimum Gasteiger partial charge on any atom is -0.392 e. The van der Waals surface area contributed by atoms with Gasteiger partial charge in [-0.25, -0.2) is 21.9 Å². The average molecular weight is 280 g/mol. The number of nitrogens with two attached hydrogens (primary N) is 1. The summed E-state index contributed by atoms with van der Waals surface area (Å²) in [6, 6.07) is 1.32. The molecular formula is C10H14F2N2O3S. The van der Waals surface area contributed by atoms with Gasteiger partial charge < -0.3 is 10.8 Å². The van der Waals surface area contributed by atoms with Gasteiger partial charge in [-0.2, -0.15) is 0 Å². The Hall–Kier alpha value is -1.09. The number of rotatable bonds is 5. The molecule has 0 fully saturated rings. The van der Waals surface area contributed by atoms with Crippen molar-refractivity contribution < 1.29 is 22.3 Å². The quantitative estimate of drug-likeness (QED) is 0.705. The molecule has 0 amide bonds. The maximum atomic E-state index is 13.3. The van der Waals surface area contributed by atoms with Crippen molar-refractivity contribution in [2.45, 2.75) is 24.0 Å². The minimum absolute atomic E-state index is 0.253. The van der Waals surface area contributed by atoms with Gasteiger partial charge in [0, 0.05) is 18.7 Å². The Morgan fingerprint density at radius 3 is 2.56 bits per heavy atom. The number of nitrogens with one attached hydrogen (secondary N) is 1. The van der Waals surface area contributed by atoms with Gasteiger partial charge in [0.2, 0.25) is 10.0 Å². The normalized spacial score (nSPS) is 15.4. The molecule has 18 heavy (non-hydrogen) atoms. The van der Waals surface area contributed by atoms with Gasteiger partial charge >= 0.3 is 0 Å². The molecule has 8 heteroatoms. The van der Waals surface area contributed by atoms with E-state index >= 15 is 0 Å². The molecule has 102 valence electrons. The zero-order valence-corrected chi connectivity index (χ0v) is 10.4. The fraction of sp³-hybridized carbons (Fsp3) is 0.400. The molecule has 2 unspecified atom stereocenters. The zero-order chi connectivity index (χ0) is 13.9. The van der Waals surface area contributed by atoms with E-state index in [0.29, 0.717) is 6.07 Å². The fourth-order valence-corrected chi connectivity index (χ4v) is 2.28. The van der Waals surface area contributed by atoms with Crippen LogP contribution in [0.2, 0.25) is 0 Å². The molecular weight excluding hydrogens is 266 g/mol. The molecule has 1 rings (SSSR count). The van der Waals surface area contributed by atoms with Crippen molar-refractivity contribution >= 4 is 10.0 Å². The highest BCUT2D eigenvalue weighted by Gasteiger charge is 2.21. The highest BCUT2D eigenvalue weighted by atomic mass is 32.2. The molecule has 4 N–H and O–H groups in total. The molecule has 0 aliphatic rings. The van der Waals surface area contributed by atoms with E-state index in [-0.39, 0.29) is 6.54 Å². The van der Waals surface area contributed by atoms with Crippen LogP contribution in [0, 0.1) is 11.6 Å². The number of aliphatic hydroxyl groups excluding tert-OH is 1. The maximum Gasteiger partial charge on any atom is 0.243 e. The topological polar surface area (TPSA) is 92.4 Å². The van der Waals surface area contributed by atoms with Gasteiger partial charge in [-0.15, -0.1) is 0 Å². The Kier molecular flexibility index (Phi) is 4.74. The lowest BCUT2D eigenvalue weighted by Gasteiger charge is -2.15. The van der Waals surface area contributed by atoms with Crippen molar-refractivity contribution in [1.29, 1.82) is 0 Å². The van der Waals surface area contributed by atoms with E-state index in [2.05, 4.69) is 0 Å². The summed E-state index contributed by atoms with van der Waals surface area (Å²) in [5.41, 5.74) is 5.43. The second-order valence-electron chi connectivity index (χ2n) is 3.83. The first-order valence-electron chi connectivity index (χ1n) is 5.12. The molecule has 0 aliphatic carbocycles. The second kappa shape index (κ2) is 5.70. The summed E-state index contributed by atoms with van der Waals surface area (Å²) in [5.74, 6) is -2.06. The van der Waals surface area contributed by atoms with Crippen LogP contribution in [0.4, 0.5) is 8.78 Å². The van der Waals surface area contributed by atoms with E-state index in [1.807, 2.05) is 4.72 Å². The Morgan fingerprint density at radius 2 is 2.06 bits per heavy atom. The van der Waals surface area contributed by atoms with Gasteiger partial charge in [0.15, 0.2) is 0 Å². The van der Waals surface area contributed by atoms with Crippen molar-refractivity contribution in [1.82, 2.24) is 4.72 Å². The molecule has 0 heterocycles. The molecule has 0 saturated carbocycles. The van der Waals surface area contributed by atoms with Crippen LogP contribution in [-0.4, -0.2) is 32.2 Å². The molecule has 0 spiro atoms. The fourth-order valence-electron chi connectivity index (χ4n) is 1.15. The highest BCUT2D eigenvalue weighted by molar-refractivity contribution is 7.89. The van der Waals surface area contributed by atoms with Crippen molar-refractivity contribution in [2.24, 2.45) is 5.73 Å².